The molecule has 1 unspecified atom stereocenters. The number of hydrogen-bond acceptors (Lipinski definition) is 3. The highest BCUT2D eigenvalue weighted by molar-refractivity contribution is 7.11. The minimum atomic E-state index is 0.569. The third kappa shape index (κ3) is 1.27. The molecule has 1 aliphatic heterocycles. The van der Waals surface area contributed by atoms with Crippen LogP contribution in [0.2, 0.25) is 0 Å². The summed E-state index contributed by atoms with van der Waals surface area (Å²) in [7, 11) is 0. The molecule has 1 atom stereocenters. The van der Waals surface area contributed by atoms with E-state index in [0.717, 1.165) is 13.0 Å². The molecule has 0 saturated carbocycles. The molecule has 0 fully saturated rings. The van der Waals surface area contributed by atoms with Crippen LogP contribution in [-0.4, -0.2) is 11.5 Å². The second-order valence-corrected chi connectivity index (χ2v) is 4.44. The predicted molar refractivity (Wildman–Crippen MR) is 51.6 cm³/mol. The molecule has 1 aliphatic rings. The molecular formula is C9H14N2S. The summed E-state index contributed by atoms with van der Waals surface area (Å²) >= 11 is 1.85. The number of fused-ring (bicyclic) bond motifs is 1. The standard InChI is InChI=1S/C9H14N2S/c1-3-7-9-8(4-5-10-7)11-6(2)12-9/h7,10H,3-5H2,1-2H3. The summed E-state index contributed by atoms with van der Waals surface area (Å²) in [5.74, 6) is 0. The van der Waals surface area contributed by atoms with Gasteiger partial charge in [-0.25, -0.2) is 4.98 Å². The fourth-order valence-corrected chi connectivity index (χ4v) is 2.86. The lowest BCUT2D eigenvalue weighted by atomic mass is 10.1. The van der Waals surface area contributed by atoms with Crippen molar-refractivity contribution < 1.29 is 0 Å². The minimum Gasteiger partial charge on any atom is -0.309 e. The number of thiazole rings is 1. The molecule has 1 aromatic rings. The monoisotopic (exact) mass is 182 g/mol. The fraction of sp³-hybridized carbons (Fsp3) is 0.667. The van der Waals surface area contributed by atoms with E-state index in [9.17, 15) is 0 Å². The quantitative estimate of drug-likeness (QED) is 0.719. The Morgan fingerprint density at radius 2 is 2.50 bits per heavy atom. The van der Waals surface area contributed by atoms with E-state index in [1.54, 1.807) is 0 Å². The molecule has 1 N–H and O–H groups in total. The van der Waals surface area contributed by atoms with Gasteiger partial charge >= 0.3 is 0 Å². The highest BCUT2D eigenvalue weighted by atomic mass is 32.1. The number of rotatable bonds is 1. The Morgan fingerprint density at radius 3 is 3.25 bits per heavy atom. The largest absolute Gasteiger partial charge is 0.309 e. The molecule has 2 rings (SSSR count). The van der Waals surface area contributed by atoms with Crippen LogP contribution in [0.1, 0.15) is 35.0 Å². The van der Waals surface area contributed by atoms with Gasteiger partial charge in [-0.15, -0.1) is 11.3 Å². The number of aromatic nitrogens is 1. The second kappa shape index (κ2) is 3.15. The van der Waals surface area contributed by atoms with Gasteiger partial charge < -0.3 is 5.32 Å². The van der Waals surface area contributed by atoms with Gasteiger partial charge in [-0.1, -0.05) is 6.92 Å². The van der Waals surface area contributed by atoms with Crippen molar-refractivity contribution in [3.8, 4) is 0 Å². The summed E-state index contributed by atoms with van der Waals surface area (Å²) in [6, 6.07) is 0.569. The maximum absolute atomic E-state index is 4.53. The molecule has 0 bridgehead atoms. The van der Waals surface area contributed by atoms with Crippen LogP contribution in [0.4, 0.5) is 0 Å². The average Bonchev–Trinajstić information content (AvgIpc) is 2.44. The zero-order chi connectivity index (χ0) is 8.55. The van der Waals surface area contributed by atoms with E-state index in [-0.39, 0.29) is 0 Å². The molecule has 2 nitrogen and oxygen atoms in total. The van der Waals surface area contributed by atoms with Gasteiger partial charge in [0.1, 0.15) is 0 Å². The summed E-state index contributed by atoms with van der Waals surface area (Å²) in [6.45, 7) is 5.41. The Bertz CT molecular complexity index is 280. The highest BCUT2D eigenvalue weighted by Gasteiger charge is 2.21. The van der Waals surface area contributed by atoms with Gasteiger partial charge in [0.2, 0.25) is 0 Å². The maximum atomic E-state index is 4.53. The molecule has 2 heterocycles. The van der Waals surface area contributed by atoms with E-state index in [2.05, 4.69) is 24.1 Å². The summed E-state index contributed by atoms with van der Waals surface area (Å²) in [4.78, 5) is 6.00. The van der Waals surface area contributed by atoms with Gasteiger partial charge in [0.05, 0.1) is 10.7 Å². The highest BCUT2D eigenvalue weighted by Crippen LogP contribution is 2.30. The molecule has 0 radical (unpaired) electrons. The van der Waals surface area contributed by atoms with Crippen molar-refractivity contribution in [1.29, 1.82) is 0 Å². The van der Waals surface area contributed by atoms with Crippen LogP contribution in [-0.2, 0) is 6.42 Å². The van der Waals surface area contributed by atoms with E-state index < -0.39 is 0 Å². The lowest BCUT2D eigenvalue weighted by molar-refractivity contribution is 0.497. The first kappa shape index (κ1) is 8.20. The number of hydrogen-bond donors (Lipinski definition) is 1. The molecule has 0 aliphatic carbocycles. The molecule has 12 heavy (non-hydrogen) atoms. The Morgan fingerprint density at radius 1 is 1.67 bits per heavy atom. The van der Waals surface area contributed by atoms with E-state index in [1.807, 2.05) is 11.3 Å². The van der Waals surface area contributed by atoms with E-state index >= 15 is 0 Å². The number of nitrogens with zero attached hydrogens (tertiary/aromatic N) is 1. The van der Waals surface area contributed by atoms with Gasteiger partial charge in [-0.05, 0) is 13.3 Å². The van der Waals surface area contributed by atoms with Crippen LogP contribution in [0, 0.1) is 6.92 Å². The molecule has 0 saturated heterocycles. The molecular weight excluding hydrogens is 168 g/mol. The zero-order valence-corrected chi connectivity index (χ0v) is 8.37. The third-order valence-electron chi connectivity index (χ3n) is 2.31. The van der Waals surface area contributed by atoms with Crippen molar-refractivity contribution in [3.05, 3.63) is 15.6 Å². The van der Waals surface area contributed by atoms with Crippen LogP contribution in [0.5, 0.6) is 0 Å². The van der Waals surface area contributed by atoms with E-state index in [1.165, 1.54) is 22.0 Å². The SMILES string of the molecule is CCC1NCCc2nc(C)sc21. The Balaban J connectivity index is 2.36. The molecule has 0 amide bonds. The Hall–Kier alpha value is -0.410. The molecule has 66 valence electrons. The summed E-state index contributed by atoms with van der Waals surface area (Å²) in [6.07, 6.45) is 2.28. The topological polar surface area (TPSA) is 24.9 Å². The van der Waals surface area contributed by atoms with Crippen molar-refractivity contribution in [2.45, 2.75) is 32.7 Å². The molecule has 3 heteroatoms. The lowest BCUT2D eigenvalue weighted by Gasteiger charge is -2.21. The van der Waals surface area contributed by atoms with Gasteiger partial charge in [0.25, 0.3) is 0 Å². The Labute approximate surface area is 77.0 Å². The van der Waals surface area contributed by atoms with Crippen molar-refractivity contribution in [3.63, 3.8) is 0 Å². The first-order valence-corrected chi connectivity index (χ1v) is 5.32. The van der Waals surface area contributed by atoms with Gasteiger partial charge in [0, 0.05) is 23.9 Å². The van der Waals surface area contributed by atoms with Crippen LogP contribution >= 0.6 is 11.3 Å². The van der Waals surface area contributed by atoms with Gasteiger partial charge in [-0.3, -0.25) is 0 Å². The Kier molecular flexibility index (Phi) is 2.15. The van der Waals surface area contributed by atoms with Crippen LogP contribution in [0.3, 0.4) is 0 Å². The van der Waals surface area contributed by atoms with Crippen LogP contribution in [0.25, 0.3) is 0 Å². The van der Waals surface area contributed by atoms with Crippen molar-refractivity contribution >= 4 is 11.3 Å². The molecule has 0 spiro atoms. The van der Waals surface area contributed by atoms with Gasteiger partial charge in [-0.2, -0.15) is 0 Å². The van der Waals surface area contributed by atoms with Gasteiger partial charge in [0.15, 0.2) is 0 Å². The molecule has 1 aromatic heterocycles. The smallest absolute Gasteiger partial charge is 0.0900 e. The second-order valence-electron chi connectivity index (χ2n) is 3.21. The van der Waals surface area contributed by atoms with Crippen molar-refractivity contribution in [2.24, 2.45) is 0 Å². The summed E-state index contributed by atoms with van der Waals surface area (Å²) in [5.41, 5.74) is 1.34. The predicted octanol–water partition coefficient (Wildman–Crippen LogP) is 2.05. The lowest BCUT2D eigenvalue weighted by Crippen LogP contribution is -2.28. The number of nitrogens with one attached hydrogen (secondary N) is 1. The normalized spacial score (nSPS) is 22.3. The van der Waals surface area contributed by atoms with Crippen LogP contribution < -0.4 is 5.32 Å². The van der Waals surface area contributed by atoms with Crippen molar-refractivity contribution in [1.82, 2.24) is 10.3 Å². The summed E-state index contributed by atoms with van der Waals surface area (Å²) in [5, 5.41) is 4.72. The first-order chi connectivity index (χ1) is 5.81. The van der Waals surface area contributed by atoms with Crippen LogP contribution in [0.15, 0.2) is 0 Å². The zero-order valence-electron chi connectivity index (χ0n) is 7.55. The third-order valence-corrected chi connectivity index (χ3v) is 3.44. The molecule has 0 aromatic carbocycles. The fourth-order valence-electron chi connectivity index (χ4n) is 1.72. The average molecular weight is 182 g/mol. The minimum absolute atomic E-state index is 0.569. The number of aryl methyl sites for hydroxylation is 1. The van der Waals surface area contributed by atoms with E-state index in [4.69, 9.17) is 0 Å². The first-order valence-electron chi connectivity index (χ1n) is 4.51. The summed E-state index contributed by atoms with van der Waals surface area (Å²) < 4.78 is 0. The maximum Gasteiger partial charge on any atom is 0.0900 e. The van der Waals surface area contributed by atoms with E-state index in [0.29, 0.717) is 6.04 Å². The van der Waals surface area contributed by atoms with Crippen molar-refractivity contribution in [2.75, 3.05) is 6.54 Å².